The van der Waals surface area contributed by atoms with Crippen LogP contribution in [0.4, 0.5) is 11.4 Å². The number of hydrogen-bond donors (Lipinski definition) is 3. The SMILES string of the molecule is O=S(O)Nc1ccc(NS(=O)(=O)c2ccc3c(c2)CCCO3)c2ccccc12. The molecule has 0 fully saturated rings. The normalized spacial score (nSPS) is 14.8. The van der Waals surface area contributed by atoms with Crippen molar-refractivity contribution in [1.29, 1.82) is 0 Å². The average Bonchev–Trinajstić information content (AvgIpc) is 2.69. The minimum absolute atomic E-state index is 0.166. The molecule has 0 bridgehead atoms. The molecule has 0 aromatic heterocycles. The van der Waals surface area contributed by atoms with Crippen LogP contribution in [0.1, 0.15) is 12.0 Å². The minimum Gasteiger partial charge on any atom is -0.493 e. The summed E-state index contributed by atoms with van der Waals surface area (Å²) in [6.45, 7) is 0.641. The fourth-order valence-electron chi connectivity index (χ4n) is 3.28. The summed E-state index contributed by atoms with van der Waals surface area (Å²) in [5.41, 5.74) is 1.70. The molecule has 0 amide bonds. The fourth-order valence-corrected chi connectivity index (χ4v) is 4.77. The molecule has 0 radical (unpaired) electrons. The lowest BCUT2D eigenvalue weighted by Crippen LogP contribution is -2.15. The minimum atomic E-state index is -3.81. The van der Waals surface area contributed by atoms with Gasteiger partial charge in [-0.05, 0) is 48.7 Å². The van der Waals surface area contributed by atoms with E-state index in [1.807, 2.05) is 0 Å². The van der Waals surface area contributed by atoms with Crippen LogP contribution < -0.4 is 14.2 Å². The number of sulfonamides is 1. The van der Waals surface area contributed by atoms with E-state index in [-0.39, 0.29) is 4.90 Å². The van der Waals surface area contributed by atoms with Gasteiger partial charge in [-0.25, -0.2) is 12.6 Å². The zero-order valence-corrected chi connectivity index (χ0v) is 16.3. The van der Waals surface area contributed by atoms with Crippen LogP contribution in [-0.2, 0) is 27.7 Å². The van der Waals surface area contributed by atoms with Crippen molar-refractivity contribution >= 4 is 43.4 Å². The number of benzene rings is 3. The summed E-state index contributed by atoms with van der Waals surface area (Å²) in [4.78, 5) is 0.166. The third kappa shape index (κ3) is 3.68. The summed E-state index contributed by atoms with van der Waals surface area (Å²) in [5, 5.41) is 1.24. The lowest BCUT2D eigenvalue weighted by atomic mass is 10.1. The molecule has 1 atom stereocenters. The quantitative estimate of drug-likeness (QED) is 0.550. The topological polar surface area (TPSA) is 105 Å². The van der Waals surface area contributed by atoms with Crippen LogP contribution in [0.2, 0.25) is 0 Å². The molecule has 0 aliphatic carbocycles. The van der Waals surface area contributed by atoms with Gasteiger partial charge in [0, 0.05) is 10.8 Å². The third-order valence-corrected chi connectivity index (χ3v) is 6.31. The summed E-state index contributed by atoms with van der Waals surface area (Å²) < 4.78 is 56.7. The molecular weight excluding hydrogens is 400 g/mol. The van der Waals surface area contributed by atoms with E-state index in [2.05, 4.69) is 9.44 Å². The van der Waals surface area contributed by atoms with Gasteiger partial charge in [-0.3, -0.25) is 14.0 Å². The van der Waals surface area contributed by atoms with Crippen molar-refractivity contribution in [1.82, 2.24) is 0 Å². The molecule has 1 heterocycles. The lowest BCUT2D eigenvalue weighted by molar-refractivity contribution is 0.288. The third-order valence-electron chi connectivity index (χ3n) is 4.56. The van der Waals surface area contributed by atoms with Crippen molar-refractivity contribution in [2.24, 2.45) is 0 Å². The first-order chi connectivity index (χ1) is 13.4. The van der Waals surface area contributed by atoms with E-state index in [0.29, 0.717) is 28.8 Å². The molecule has 4 rings (SSSR count). The van der Waals surface area contributed by atoms with Crippen LogP contribution in [0, 0.1) is 0 Å². The average molecular weight is 418 g/mol. The van der Waals surface area contributed by atoms with Crippen LogP contribution in [0.25, 0.3) is 10.8 Å². The molecule has 0 saturated heterocycles. The summed E-state index contributed by atoms with van der Waals surface area (Å²) in [6.07, 6.45) is 1.63. The number of anilines is 2. The Morgan fingerprint density at radius 2 is 1.71 bits per heavy atom. The highest BCUT2D eigenvalue weighted by Gasteiger charge is 2.20. The number of hydrogen-bond acceptors (Lipinski definition) is 4. The molecular formula is C19H18N2O5S2. The summed E-state index contributed by atoms with van der Waals surface area (Å²) in [6, 6.07) is 15.0. The second-order valence-electron chi connectivity index (χ2n) is 6.38. The Bertz CT molecular complexity index is 1180. The van der Waals surface area contributed by atoms with Crippen molar-refractivity contribution in [2.75, 3.05) is 16.1 Å². The molecule has 146 valence electrons. The molecule has 3 aromatic rings. The first-order valence-electron chi connectivity index (χ1n) is 8.62. The molecule has 1 unspecified atom stereocenters. The van der Waals surface area contributed by atoms with Crippen LogP contribution in [0.5, 0.6) is 5.75 Å². The zero-order valence-electron chi connectivity index (χ0n) is 14.7. The summed E-state index contributed by atoms with van der Waals surface area (Å²) >= 11 is -2.23. The van der Waals surface area contributed by atoms with Gasteiger partial charge in [-0.1, -0.05) is 24.3 Å². The van der Waals surface area contributed by atoms with Gasteiger partial charge >= 0.3 is 0 Å². The van der Waals surface area contributed by atoms with Crippen LogP contribution in [0.3, 0.4) is 0 Å². The summed E-state index contributed by atoms with van der Waals surface area (Å²) in [5.74, 6) is 0.725. The van der Waals surface area contributed by atoms with E-state index in [9.17, 15) is 12.6 Å². The monoisotopic (exact) mass is 418 g/mol. The van der Waals surface area contributed by atoms with Gasteiger partial charge in [-0.2, -0.15) is 0 Å². The smallest absolute Gasteiger partial charge is 0.261 e. The van der Waals surface area contributed by atoms with Gasteiger partial charge in [0.05, 0.1) is 22.9 Å². The van der Waals surface area contributed by atoms with E-state index >= 15 is 0 Å². The highest BCUT2D eigenvalue weighted by Crippen LogP contribution is 2.33. The van der Waals surface area contributed by atoms with Gasteiger partial charge in [0.25, 0.3) is 21.3 Å². The second kappa shape index (κ2) is 7.42. The fraction of sp³-hybridized carbons (Fsp3) is 0.158. The van der Waals surface area contributed by atoms with Crippen LogP contribution >= 0.6 is 0 Å². The molecule has 9 heteroatoms. The molecule has 7 nitrogen and oxygen atoms in total. The Hall–Kier alpha value is -2.62. The lowest BCUT2D eigenvalue weighted by Gasteiger charge is -2.18. The summed E-state index contributed by atoms with van der Waals surface area (Å²) in [7, 11) is -3.81. The largest absolute Gasteiger partial charge is 0.493 e. The van der Waals surface area contributed by atoms with Gasteiger partial charge < -0.3 is 4.74 Å². The van der Waals surface area contributed by atoms with Crippen LogP contribution in [-0.4, -0.2) is 23.8 Å². The van der Waals surface area contributed by atoms with E-state index in [0.717, 1.165) is 24.2 Å². The number of fused-ring (bicyclic) bond motifs is 2. The van der Waals surface area contributed by atoms with Crippen molar-refractivity contribution in [3.05, 3.63) is 60.2 Å². The number of aryl methyl sites for hydroxylation is 1. The van der Waals surface area contributed by atoms with E-state index in [1.165, 1.54) is 6.07 Å². The van der Waals surface area contributed by atoms with Gasteiger partial charge in [0.15, 0.2) is 0 Å². The van der Waals surface area contributed by atoms with Gasteiger partial charge in [-0.15, -0.1) is 0 Å². The number of nitrogens with one attached hydrogen (secondary N) is 2. The Kier molecular flexibility index (Phi) is 4.96. The molecule has 0 saturated carbocycles. The maximum absolute atomic E-state index is 12.9. The van der Waals surface area contributed by atoms with Crippen molar-refractivity contribution in [3.8, 4) is 5.75 Å². The highest BCUT2D eigenvalue weighted by molar-refractivity contribution is 7.92. The standard InChI is InChI=1S/C19H18N2O5S2/c22-27(23)20-17-8-9-18(16-6-2-1-5-15(16)17)21-28(24,25)14-7-10-19-13(12-14)4-3-11-26-19/h1-2,5-10,12,20-21H,3-4,11H2,(H,22,23). The van der Waals surface area contributed by atoms with Gasteiger partial charge in [0.1, 0.15) is 5.75 Å². The van der Waals surface area contributed by atoms with E-state index < -0.39 is 21.3 Å². The van der Waals surface area contributed by atoms with E-state index in [4.69, 9.17) is 9.29 Å². The van der Waals surface area contributed by atoms with Crippen molar-refractivity contribution < 1.29 is 21.9 Å². The number of rotatable bonds is 5. The maximum Gasteiger partial charge on any atom is 0.261 e. The Labute approximate surface area is 165 Å². The first kappa shape index (κ1) is 18.7. The highest BCUT2D eigenvalue weighted by atomic mass is 32.2. The van der Waals surface area contributed by atoms with Crippen molar-refractivity contribution in [2.45, 2.75) is 17.7 Å². The van der Waals surface area contributed by atoms with Crippen LogP contribution in [0.15, 0.2) is 59.5 Å². The predicted molar refractivity (Wildman–Crippen MR) is 109 cm³/mol. The Morgan fingerprint density at radius 1 is 1.00 bits per heavy atom. The first-order valence-corrected chi connectivity index (χ1v) is 11.2. The maximum atomic E-state index is 12.9. The van der Waals surface area contributed by atoms with E-state index in [1.54, 1.807) is 48.5 Å². The molecule has 1 aliphatic rings. The molecule has 3 aromatic carbocycles. The number of ether oxygens (including phenoxy) is 1. The molecule has 28 heavy (non-hydrogen) atoms. The Balaban J connectivity index is 1.72. The van der Waals surface area contributed by atoms with Gasteiger partial charge in [0.2, 0.25) is 0 Å². The molecule has 1 aliphatic heterocycles. The molecule has 0 spiro atoms. The Morgan fingerprint density at radius 3 is 2.46 bits per heavy atom. The zero-order chi connectivity index (χ0) is 19.7. The molecule has 3 N–H and O–H groups in total. The van der Waals surface area contributed by atoms with Crippen molar-refractivity contribution in [3.63, 3.8) is 0 Å². The predicted octanol–water partition coefficient (Wildman–Crippen LogP) is 3.51. The second-order valence-corrected chi connectivity index (χ2v) is 8.77.